The largest absolute Gasteiger partial charge is 0.496 e. The second-order valence-electron chi connectivity index (χ2n) is 7.50. The molecule has 0 atom stereocenters. The molecule has 2 aromatic rings. The third-order valence-electron chi connectivity index (χ3n) is 5.46. The van der Waals surface area contributed by atoms with Crippen LogP contribution in [-0.2, 0) is 4.79 Å². The van der Waals surface area contributed by atoms with Crippen molar-refractivity contribution in [1.82, 2.24) is 0 Å². The van der Waals surface area contributed by atoms with Gasteiger partial charge in [0, 0.05) is 27.5 Å². The maximum Gasteiger partial charge on any atom is 0.331 e. The number of unbranched alkanes of at least 4 members (excludes halogenated alkanes) is 6. The fourth-order valence-electron chi connectivity index (χ4n) is 3.86. The summed E-state index contributed by atoms with van der Waals surface area (Å²) in [6.07, 6.45) is 10.5. The second kappa shape index (κ2) is 11.5. The van der Waals surface area contributed by atoms with Gasteiger partial charge in [0.25, 0.3) is 0 Å². The molecule has 0 aliphatic heterocycles. The number of methoxy groups -OCH3 is 2. The molecular formula is C25H34O4. The van der Waals surface area contributed by atoms with Gasteiger partial charge in [-0.25, -0.2) is 4.79 Å². The Hall–Kier alpha value is -2.49. The van der Waals surface area contributed by atoms with Gasteiger partial charge in [-0.1, -0.05) is 69.7 Å². The Balaban J connectivity index is 2.31. The topological polar surface area (TPSA) is 55.8 Å². The van der Waals surface area contributed by atoms with E-state index in [-0.39, 0.29) is 0 Å². The van der Waals surface area contributed by atoms with Gasteiger partial charge in [0.05, 0.1) is 14.2 Å². The number of rotatable bonds is 12. The molecule has 0 saturated carbocycles. The number of carbonyl (C=O) groups is 1. The Bertz CT molecular complexity index is 852. The van der Waals surface area contributed by atoms with Crippen LogP contribution in [0.15, 0.2) is 29.8 Å². The molecule has 29 heavy (non-hydrogen) atoms. The normalized spacial score (nSPS) is 11.7. The van der Waals surface area contributed by atoms with Gasteiger partial charge in [0.1, 0.15) is 11.5 Å². The van der Waals surface area contributed by atoms with Crippen LogP contribution in [0, 0.1) is 6.92 Å². The summed E-state index contributed by atoms with van der Waals surface area (Å²) in [4.78, 5) is 11.9. The number of ether oxygens (including phenoxy) is 2. The number of carboxylic acids is 1. The molecule has 0 radical (unpaired) electrons. The zero-order valence-corrected chi connectivity index (χ0v) is 18.2. The summed E-state index contributed by atoms with van der Waals surface area (Å²) in [5, 5.41) is 11.6. The lowest BCUT2D eigenvalue weighted by Gasteiger charge is -2.17. The first kappa shape index (κ1) is 22.8. The molecule has 0 aliphatic rings. The SMILES string of the molecule is CCCCCCCCCC(=Cc1c(C)c(OC)c2ccccc2c1OC)C(=O)O. The van der Waals surface area contributed by atoms with Gasteiger partial charge in [-0.2, -0.15) is 0 Å². The molecule has 2 rings (SSSR count). The quantitative estimate of drug-likeness (QED) is 0.316. The van der Waals surface area contributed by atoms with Crippen LogP contribution in [0.25, 0.3) is 16.8 Å². The first-order chi connectivity index (χ1) is 14.0. The predicted molar refractivity (Wildman–Crippen MR) is 120 cm³/mol. The monoisotopic (exact) mass is 398 g/mol. The minimum Gasteiger partial charge on any atom is -0.496 e. The molecule has 4 heteroatoms. The van der Waals surface area contributed by atoms with Crippen LogP contribution < -0.4 is 9.47 Å². The van der Waals surface area contributed by atoms with E-state index in [4.69, 9.17) is 9.47 Å². The molecule has 4 nitrogen and oxygen atoms in total. The van der Waals surface area contributed by atoms with E-state index in [0.717, 1.165) is 40.5 Å². The summed E-state index contributed by atoms with van der Waals surface area (Å²) in [6.45, 7) is 4.16. The average molecular weight is 399 g/mol. The number of benzene rings is 2. The van der Waals surface area contributed by atoms with Crippen molar-refractivity contribution in [3.63, 3.8) is 0 Å². The first-order valence-corrected chi connectivity index (χ1v) is 10.6. The van der Waals surface area contributed by atoms with Crippen LogP contribution in [0.4, 0.5) is 0 Å². The summed E-state index contributed by atoms with van der Waals surface area (Å²) < 4.78 is 11.4. The number of fused-ring (bicyclic) bond motifs is 1. The van der Waals surface area contributed by atoms with Crippen molar-refractivity contribution in [1.29, 1.82) is 0 Å². The fraction of sp³-hybridized carbons (Fsp3) is 0.480. The molecule has 0 fully saturated rings. The van der Waals surface area contributed by atoms with Crippen molar-refractivity contribution in [2.24, 2.45) is 0 Å². The second-order valence-corrected chi connectivity index (χ2v) is 7.50. The van der Waals surface area contributed by atoms with E-state index in [1.165, 1.54) is 32.1 Å². The summed E-state index contributed by atoms with van der Waals surface area (Å²) in [5.74, 6) is 0.579. The minimum atomic E-state index is -0.871. The highest BCUT2D eigenvalue weighted by atomic mass is 16.5. The van der Waals surface area contributed by atoms with Crippen molar-refractivity contribution in [2.45, 2.75) is 65.2 Å². The molecule has 0 aromatic heterocycles. The maximum atomic E-state index is 11.9. The Morgan fingerprint density at radius 3 is 2.03 bits per heavy atom. The number of carboxylic acid groups (broad SMARTS) is 1. The first-order valence-electron chi connectivity index (χ1n) is 10.6. The molecule has 1 N–H and O–H groups in total. The lowest BCUT2D eigenvalue weighted by Crippen LogP contribution is -2.03. The van der Waals surface area contributed by atoms with Crippen LogP contribution in [-0.4, -0.2) is 25.3 Å². The average Bonchev–Trinajstić information content (AvgIpc) is 2.72. The van der Waals surface area contributed by atoms with Gasteiger partial charge >= 0.3 is 5.97 Å². The Morgan fingerprint density at radius 1 is 0.931 bits per heavy atom. The maximum absolute atomic E-state index is 11.9. The van der Waals surface area contributed by atoms with Crippen LogP contribution in [0.5, 0.6) is 11.5 Å². The van der Waals surface area contributed by atoms with Gasteiger partial charge in [-0.3, -0.25) is 0 Å². The summed E-state index contributed by atoms with van der Waals surface area (Å²) >= 11 is 0. The van der Waals surface area contributed by atoms with E-state index in [2.05, 4.69) is 6.92 Å². The Labute approximate surface area is 174 Å². The minimum absolute atomic E-state index is 0.414. The van der Waals surface area contributed by atoms with Crippen LogP contribution in [0.2, 0.25) is 0 Å². The van der Waals surface area contributed by atoms with Crippen LogP contribution in [0.3, 0.4) is 0 Å². The van der Waals surface area contributed by atoms with Gasteiger partial charge in [-0.05, 0) is 25.8 Å². The van der Waals surface area contributed by atoms with E-state index in [0.29, 0.717) is 17.7 Å². The molecular weight excluding hydrogens is 364 g/mol. The third-order valence-corrected chi connectivity index (χ3v) is 5.46. The number of hydrogen-bond donors (Lipinski definition) is 1. The van der Waals surface area contributed by atoms with E-state index in [1.807, 2.05) is 31.2 Å². The standard InChI is InChI=1S/C25H34O4/c1-5-6-7-8-9-10-11-14-19(25(26)27)17-22-18(2)23(28-3)20-15-12-13-16-21(20)24(22)29-4/h12-13,15-17H,5-11,14H2,1-4H3,(H,26,27). The van der Waals surface area contributed by atoms with E-state index in [1.54, 1.807) is 20.3 Å². The van der Waals surface area contributed by atoms with Gasteiger partial charge in [-0.15, -0.1) is 0 Å². The Morgan fingerprint density at radius 2 is 1.48 bits per heavy atom. The molecule has 0 saturated heterocycles. The lowest BCUT2D eigenvalue weighted by molar-refractivity contribution is -0.132. The van der Waals surface area contributed by atoms with E-state index < -0.39 is 5.97 Å². The smallest absolute Gasteiger partial charge is 0.331 e. The van der Waals surface area contributed by atoms with Crippen LogP contribution in [0.1, 0.15) is 69.4 Å². The number of aliphatic carboxylic acids is 1. The van der Waals surface area contributed by atoms with Crippen molar-refractivity contribution in [3.8, 4) is 11.5 Å². The van der Waals surface area contributed by atoms with Gasteiger partial charge < -0.3 is 14.6 Å². The Kier molecular flexibility index (Phi) is 9.04. The van der Waals surface area contributed by atoms with E-state index >= 15 is 0 Å². The predicted octanol–water partition coefficient (Wildman–Crippen LogP) is 6.77. The van der Waals surface area contributed by atoms with Gasteiger partial charge in [0.2, 0.25) is 0 Å². The molecule has 0 amide bonds. The van der Waals surface area contributed by atoms with Crippen molar-refractivity contribution in [2.75, 3.05) is 14.2 Å². The molecule has 0 aliphatic carbocycles. The third kappa shape index (κ3) is 5.75. The zero-order valence-electron chi connectivity index (χ0n) is 18.2. The van der Waals surface area contributed by atoms with Crippen LogP contribution >= 0.6 is 0 Å². The summed E-state index contributed by atoms with van der Waals surface area (Å²) in [6, 6.07) is 7.88. The fourth-order valence-corrected chi connectivity index (χ4v) is 3.86. The molecule has 0 bridgehead atoms. The van der Waals surface area contributed by atoms with Crippen molar-refractivity contribution < 1.29 is 19.4 Å². The molecule has 2 aromatic carbocycles. The zero-order chi connectivity index (χ0) is 21.2. The summed E-state index contributed by atoms with van der Waals surface area (Å²) in [7, 11) is 3.27. The highest BCUT2D eigenvalue weighted by Crippen LogP contribution is 2.41. The van der Waals surface area contributed by atoms with Crippen molar-refractivity contribution in [3.05, 3.63) is 41.0 Å². The van der Waals surface area contributed by atoms with Gasteiger partial charge in [0.15, 0.2) is 0 Å². The molecule has 0 unspecified atom stereocenters. The number of hydrogen-bond acceptors (Lipinski definition) is 3. The lowest BCUT2D eigenvalue weighted by atomic mass is 9.95. The molecule has 0 spiro atoms. The highest BCUT2D eigenvalue weighted by molar-refractivity contribution is 6.00. The molecule has 0 heterocycles. The van der Waals surface area contributed by atoms with E-state index in [9.17, 15) is 9.90 Å². The highest BCUT2D eigenvalue weighted by Gasteiger charge is 2.18. The van der Waals surface area contributed by atoms with Crippen molar-refractivity contribution >= 4 is 22.8 Å². The molecule has 158 valence electrons. The summed E-state index contributed by atoms with van der Waals surface area (Å²) in [5.41, 5.74) is 2.09.